The Morgan fingerprint density at radius 3 is 2.64 bits per heavy atom. The molecule has 0 spiro atoms. The van der Waals surface area contributed by atoms with Crippen LogP contribution in [0, 0.1) is 11.3 Å². The molecule has 0 aliphatic heterocycles. The Kier molecular flexibility index (Phi) is 9.12. The number of aliphatic imine (C=N–C) groups is 1. The normalized spacial score (nSPS) is 12.4. The number of nitrogens with one attached hydrogen (secondary N) is 1. The van der Waals surface area contributed by atoms with Crippen molar-refractivity contribution in [3.05, 3.63) is 47.5 Å². The second kappa shape index (κ2) is 11.8. The molecule has 0 aliphatic carbocycles. The molecule has 33 heavy (non-hydrogen) atoms. The van der Waals surface area contributed by atoms with E-state index < -0.39 is 15.8 Å². The third kappa shape index (κ3) is 6.89. The summed E-state index contributed by atoms with van der Waals surface area (Å²) >= 11 is 0. The molecule has 10 heteroatoms. The topological polar surface area (TPSA) is 113 Å². The number of amides is 1. The van der Waals surface area contributed by atoms with E-state index in [0.29, 0.717) is 27.6 Å². The van der Waals surface area contributed by atoms with Crippen LogP contribution in [0.2, 0.25) is 0 Å². The highest BCUT2D eigenvalue weighted by Gasteiger charge is 2.16. The Bertz CT molecular complexity index is 1180. The molecule has 1 atom stereocenters. The lowest BCUT2D eigenvalue weighted by atomic mass is 10.1. The number of rotatable bonds is 9. The van der Waals surface area contributed by atoms with Crippen molar-refractivity contribution in [2.75, 3.05) is 27.8 Å². The highest BCUT2D eigenvalue weighted by molar-refractivity contribution is 8.00. The van der Waals surface area contributed by atoms with Gasteiger partial charge in [0.05, 0.1) is 45.9 Å². The van der Waals surface area contributed by atoms with Crippen molar-refractivity contribution in [1.82, 2.24) is 9.62 Å². The van der Waals surface area contributed by atoms with E-state index in [1.54, 1.807) is 55.4 Å². The second-order valence-corrected chi connectivity index (χ2v) is 9.28. The zero-order valence-electron chi connectivity index (χ0n) is 19.3. The fraction of sp³-hybridized carbons (Fsp3) is 0.304. The van der Waals surface area contributed by atoms with Crippen molar-refractivity contribution in [3.63, 3.8) is 0 Å². The zero-order chi connectivity index (χ0) is 24.4. The van der Waals surface area contributed by atoms with Crippen LogP contribution >= 0.6 is 0 Å². The van der Waals surface area contributed by atoms with E-state index in [1.807, 2.05) is 20.2 Å². The molecular weight excluding hydrogens is 444 g/mol. The van der Waals surface area contributed by atoms with E-state index in [0.717, 1.165) is 5.56 Å². The van der Waals surface area contributed by atoms with Gasteiger partial charge in [-0.05, 0) is 36.9 Å². The maximum absolute atomic E-state index is 13.2. The Labute approximate surface area is 194 Å². The van der Waals surface area contributed by atoms with E-state index in [9.17, 15) is 14.3 Å². The summed E-state index contributed by atoms with van der Waals surface area (Å²) in [7, 11) is 2.17. The van der Waals surface area contributed by atoms with Crippen LogP contribution in [0.3, 0.4) is 0 Å². The predicted octanol–water partition coefficient (Wildman–Crippen LogP) is 3.49. The molecule has 0 fully saturated rings. The molecular formula is C23H28N4O5S. The summed E-state index contributed by atoms with van der Waals surface area (Å²) in [6.07, 6.45) is 0.833. The monoisotopic (exact) mass is 472 g/mol. The number of benzene rings is 2. The SMILES string of the molecule is CC=S(=O)(NC(=O)OCC)c1cccc(COc2cc(N=CN(C)C)c(C#N)cc2OC)c1. The van der Waals surface area contributed by atoms with Crippen molar-refractivity contribution in [1.29, 1.82) is 5.26 Å². The summed E-state index contributed by atoms with van der Waals surface area (Å²) in [5, 5.41) is 10.9. The minimum absolute atomic E-state index is 0.131. The average Bonchev–Trinajstić information content (AvgIpc) is 2.81. The van der Waals surface area contributed by atoms with Crippen LogP contribution < -0.4 is 14.2 Å². The molecule has 0 saturated heterocycles. The molecule has 0 bridgehead atoms. The largest absolute Gasteiger partial charge is 0.493 e. The summed E-state index contributed by atoms with van der Waals surface area (Å²) in [4.78, 5) is 18.3. The Balaban J connectivity index is 2.31. The molecule has 0 aliphatic rings. The van der Waals surface area contributed by atoms with Crippen LogP contribution in [-0.2, 0) is 21.1 Å². The first-order chi connectivity index (χ1) is 15.8. The lowest BCUT2D eigenvalue weighted by Crippen LogP contribution is -2.32. The van der Waals surface area contributed by atoms with Gasteiger partial charge in [0.25, 0.3) is 0 Å². The third-order valence-electron chi connectivity index (χ3n) is 4.32. The number of methoxy groups -OCH3 is 1. The Morgan fingerprint density at radius 1 is 1.27 bits per heavy atom. The summed E-state index contributed by atoms with van der Waals surface area (Å²) in [5.41, 5.74) is 1.51. The number of carbonyl (C=O) groups is 1. The van der Waals surface area contributed by atoms with Crippen molar-refractivity contribution >= 4 is 33.2 Å². The number of carbonyl (C=O) groups excluding carboxylic acids is 1. The van der Waals surface area contributed by atoms with Gasteiger partial charge in [0, 0.05) is 26.2 Å². The van der Waals surface area contributed by atoms with Gasteiger partial charge in [-0.1, -0.05) is 12.1 Å². The smallest absolute Gasteiger partial charge is 0.418 e. The predicted molar refractivity (Wildman–Crippen MR) is 129 cm³/mol. The summed E-state index contributed by atoms with van der Waals surface area (Å²) < 4.78 is 31.8. The summed E-state index contributed by atoms with van der Waals surface area (Å²) in [5.74, 6) is 0.793. The maximum atomic E-state index is 13.2. The molecule has 2 aromatic carbocycles. The second-order valence-electron chi connectivity index (χ2n) is 6.94. The number of nitriles is 1. The van der Waals surface area contributed by atoms with Gasteiger partial charge in [-0.25, -0.2) is 18.7 Å². The van der Waals surface area contributed by atoms with Crippen LogP contribution in [0.25, 0.3) is 0 Å². The van der Waals surface area contributed by atoms with Gasteiger partial charge in [-0.2, -0.15) is 5.26 Å². The molecule has 0 radical (unpaired) electrons. The first-order valence-corrected chi connectivity index (χ1v) is 11.7. The summed E-state index contributed by atoms with van der Waals surface area (Å²) in [6.45, 7) is 3.58. The minimum Gasteiger partial charge on any atom is -0.493 e. The molecule has 0 heterocycles. The molecule has 1 unspecified atom stereocenters. The molecule has 2 rings (SSSR count). The molecule has 0 saturated carbocycles. The lowest BCUT2D eigenvalue weighted by molar-refractivity contribution is 0.159. The van der Waals surface area contributed by atoms with Crippen LogP contribution in [-0.4, -0.2) is 54.7 Å². The zero-order valence-corrected chi connectivity index (χ0v) is 20.1. The standard InChI is InChI=1S/C23H28N4O5S/c1-6-31-23(28)26-33(29,7-2)19-10-8-9-17(11-19)15-32-22-13-20(25-16-27(3)4)18(14-24)12-21(22)30-5/h7-13,16H,6,15H2,1-5H3,(H,26,28,29). The fourth-order valence-electron chi connectivity index (χ4n) is 2.72. The fourth-order valence-corrected chi connectivity index (χ4v) is 4.14. The van der Waals surface area contributed by atoms with Crippen molar-refractivity contribution < 1.29 is 23.2 Å². The Morgan fingerprint density at radius 2 is 2.03 bits per heavy atom. The van der Waals surface area contributed by atoms with Gasteiger partial charge in [0.1, 0.15) is 12.7 Å². The van der Waals surface area contributed by atoms with Crippen LogP contribution in [0.15, 0.2) is 46.3 Å². The van der Waals surface area contributed by atoms with E-state index in [2.05, 4.69) is 15.8 Å². The van der Waals surface area contributed by atoms with E-state index in [1.165, 1.54) is 12.5 Å². The minimum atomic E-state index is -2.97. The van der Waals surface area contributed by atoms with E-state index in [-0.39, 0.29) is 13.2 Å². The quantitative estimate of drug-likeness (QED) is 0.338. The van der Waals surface area contributed by atoms with Crippen LogP contribution in [0.5, 0.6) is 11.5 Å². The van der Waals surface area contributed by atoms with Crippen molar-refractivity contribution in [2.45, 2.75) is 25.3 Å². The Hall–Kier alpha value is -3.71. The van der Waals surface area contributed by atoms with Gasteiger partial charge >= 0.3 is 6.09 Å². The van der Waals surface area contributed by atoms with Gasteiger partial charge < -0.3 is 19.1 Å². The highest BCUT2D eigenvalue weighted by Crippen LogP contribution is 2.35. The van der Waals surface area contributed by atoms with Gasteiger partial charge in [0.15, 0.2) is 11.5 Å². The van der Waals surface area contributed by atoms with Crippen molar-refractivity contribution in [3.8, 4) is 17.6 Å². The summed E-state index contributed by atoms with van der Waals surface area (Å²) in [6, 6.07) is 12.2. The molecule has 1 amide bonds. The molecule has 2 aromatic rings. The lowest BCUT2D eigenvalue weighted by Gasteiger charge is -2.15. The van der Waals surface area contributed by atoms with Crippen LogP contribution in [0.1, 0.15) is 25.0 Å². The first kappa shape index (κ1) is 25.5. The molecule has 176 valence electrons. The number of ether oxygens (including phenoxy) is 3. The molecule has 9 nitrogen and oxygen atoms in total. The van der Waals surface area contributed by atoms with Gasteiger partial charge in [-0.3, -0.25) is 0 Å². The molecule has 1 N–H and O–H groups in total. The average molecular weight is 473 g/mol. The number of hydrogen-bond acceptors (Lipinski definition) is 7. The maximum Gasteiger partial charge on any atom is 0.418 e. The van der Waals surface area contributed by atoms with Gasteiger partial charge in [0.2, 0.25) is 0 Å². The van der Waals surface area contributed by atoms with E-state index in [4.69, 9.17) is 14.2 Å². The third-order valence-corrected chi connectivity index (χ3v) is 6.40. The van der Waals surface area contributed by atoms with Gasteiger partial charge in [-0.15, -0.1) is 0 Å². The first-order valence-electron chi connectivity index (χ1n) is 10.1. The number of hydrogen-bond donors (Lipinski definition) is 1. The highest BCUT2D eigenvalue weighted by atomic mass is 32.2. The van der Waals surface area contributed by atoms with E-state index >= 15 is 0 Å². The number of nitrogens with zero attached hydrogens (tertiary/aromatic N) is 3. The molecule has 0 aromatic heterocycles. The van der Waals surface area contributed by atoms with Crippen molar-refractivity contribution in [2.24, 2.45) is 4.99 Å². The van der Waals surface area contributed by atoms with Crippen LogP contribution in [0.4, 0.5) is 10.5 Å².